The lowest BCUT2D eigenvalue weighted by Gasteiger charge is -2.18. The molecular formula is C12H15FO4. The van der Waals surface area contributed by atoms with E-state index in [1.165, 1.54) is 12.1 Å². The van der Waals surface area contributed by atoms with Crippen LogP contribution in [0, 0.1) is 5.82 Å². The first-order chi connectivity index (χ1) is 8.10. The second-order valence-corrected chi connectivity index (χ2v) is 4.06. The summed E-state index contributed by atoms with van der Waals surface area (Å²) in [5.41, 5.74) is 0. The molecule has 4 nitrogen and oxygen atoms in total. The Morgan fingerprint density at radius 2 is 2.24 bits per heavy atom. The molecule has 0 bridgehead atoms. The SMILES string of the molecule is COC1CC(C)OC1Oc1ccc(O)c(F)c1. The second kappa shape index (κ2) is 4.89. The molecule has 1 aromatic carbocycles. The number of rotatable bonds is 3. The number of benzene rings is 1. The van der Waals surface area contributed by atoms with Gasteiger partial charge in [0.1, 0.15) is 11.9 Å². The van der Waals surface area contributed by atoms with Crippen LogP contribution in [0.3, 0.4) is 0 Å². The fraction of sp³-hybridized carbons (Fsp3) is 0.500. The van der Waals surface area contributed by atoms with Gasteiger partial charge in [0.25, 0.3) is 0 Å². The van der Waals surface area contributed by atoms with Gasteiger partial charge in [0, 0.05) is 19.6 Å². The molecule has 3 unspecified atom stereocenters. The summed E-state index contributed by atoms with van der Waals surface area (Å²) in [6.07, 6.45) is 0.0783. The van der Waals surface area contributed by atoms with Crippen LogP contribution in [0.25, 0.3) is 0 Å². The number of ether oxygens (including phenoxy) is 3. The van der Waals surface area contributed by atoms with Crippen molar-refractivity contribution in [2.24, 2.45) is 0 Å². The Morgan fingerprint density at radius 1 is 1.47 bits per heavy atom. The van der Waals surface area contributed by atoms with Crippen molar-refractivity contribution in [1.82, 2.24) is 0 Å². The zero-order valence-electron chi connectivity index (χ0n) is 9.72. The van der Waals surface area contributed by atoms with Gasteiger partial charge in [-0.3, -0.25) is 0 Å². The fourth-order valence-corrected chi connectivity index (χ4v) is 1.82. The summed E-state index contributed by atoms with van der Waals surface area (Å²) in [5.74, 6) is -0.815. The van der Waals surface area contributed by atoms with E-state index in [0.717, 1.165) is 12.5 Å². The van der Waals surface area contributed by atoms with Crippen molar-refractivity contribution < 1.29 is 23.7 Å². The molecule has 5 heteroatoms. The van der Waals surface area contributed by atoms with Crippen LogP contribution in [-0.4, -0.2) is 30.7 Å². The first-order valence-electron chi connectivity index (χ1n) is 5.43. The van der Waals surface area contributed by atoms with Crippen molar-refractivity contribution in [2.75, 3.05) is 7.11 Å². The average molecular weight is 242 g/mol. The maximum absolute atomic E-state index is 13.1. The van der Waals surface area contributed by atoms with E-state index in [4.69, 9.17) is 19.3 Å². The fourth-order valence-electron chi connectivity index (χ4n) is 1.82. The van der Waals surface area contributed by atoms with Crippen LogP contribution in [0.5, 0.6) is 11.5 Å². The third-order valence-corrected chi connectivity index (χ3v) is 2.71. The highest BCUT2D eigenvalue weighted by molar-refractivity contribution is 5.32. The minimum atomic E-state index is -0.720. The van der Waals surface area contributed by atoms with Crippen molar-refractivity contribution >= 4 is 0 Å². The number of methoxy groups -OCH3 is 1. The zero-order valence-corrected chi connectivity index (χ0v) is 9.72. The Bertz CT molecular complexity index is 396. The van der Waals surface area contributed by atoms with Gasteiger partial charge in [-0.1, -0.05) is 0 Å². The van der Waals surface area contributed by atoms with Crippen LogP contribution in [0.1, 0.15) is 13.3 Å². The number of phenols is 1. The largest absolute Gasteiger partial charge is 0.505 e. The van der Waals surface area contributed by atoms with E-state index >= 15 is 0 Å². The number of aromatic hydroxyl groups is 1. The third kappa shape index (κ3) is 2.68. The molecule has 3 atom stereocenters. The first-order valence-corrected chi connectivity index (χ1v) is 5.43. The molecule has 0 radical (unpaired) electrons. The minimum absolute atomic E-state index is 0.0481. The predicted molar refractivity (Wildman–Crippen MR) is 58.4 cm³/mol. The summed E-state index contributed by atoms with van der Waals surface area (Å²) in [4.78, 5) is 0. The van der Waals surface area contributed by atoms with E-state index in [2.05, 4.69) is 0 Å². The predicted octanol–water partition coefficient (Wildman–Crippen LogP) is 2.06. The molecule has 0 spiro atoms. The van der Waals surface area contributed by atoms with Gasteiger partial charge in [0.05, 0.1) is 6.10 Å². The normalized spacial score (nSPS) is 28.3. The molecule has 1 N–H and O–H groups in total. The molecule has 2 rings (SSSR count). The van der Waals surface area contributed by atoms with E-state index in [0.29, 0.717) is 5.75 Å². The molecule has 1 aromatic rings. The second-order valence-electron chi connectivity index (χ2n) is 4.06. The smallest absolute Gasteiger partial charge is 0.226 e. The van der Waals surface area contributed by atoms with Crippen LogP contribution >= 0.6 is 0 Å². The van der Waals surface area contributed by atoms with Crippen LogP contribution in [0.4, 0.5) is 4.39 Å². The van der Waals surface area contributed by atoms with E-state index in [1.807, 2.05) is 6.92 Å². The quantitative estimate of drug-likeness (QED) is 0.881. The molecule has 1 fully saturated rings. The molecule has 1 heterocycles. The van der Waals surface area contributed by atoms with E-state index in [1.54, 1.807) is 7.11 Å². The highest BCUT2D eigenvalue weighted by atomic mass is 19.1. The molecule has 1 aliphatic rings. The van der Waals surface area contributed by atoms with Crippen LogP contribution < -0.4 is 4.74 Å². The Balaban J connectivity index is 2.07. The lowest BCUT2D eigenvalue weighted by Crippen LogP contribution is -2.29. The highest BCUT2D eigenvalue weighted by Crippen LogP contribution is 2.27. The van der Waals surface area contributed by atoms with Crippen molar-refractivity contribution in [1.29, 1.82) is 0 Å². The molecule has 17 heavy (non-hydrogen) atoms. The van der Waals surface area contributed by atoms with Gasteiger partial charge in [-0.15, -0.1) is 0 Å². The summed E-state index contributed by atoms with van der Waals surface area (Å²) in [7, 11) is 1.58. The molecule has 0 amide bonds. The average Bonchev–Trinajstić information content (AvgIpc) is 2.64. The molecular weight excluding hydrogens is 227 g/mol. The van der Waals surface area contributed by atoms with E-state index < -0.39 is 17.9 Å². The van der Waals surface area contributed by atoms with Crippen molar-refractivity contribution in [3.05, 3.63) is 24.0 Å². The lowest BCUT2D eigenvalue weighted by molar-refractivity contribution is -0.114. The van der Waals surface area contributed by atoms with Crippen molar-refractivity contribution in [2.45, 2.75) is 31.8 Å². The Labute approximate surface area is 98.9 Å². The van der Waals surface area contributed by atoms with E-state index in [9.17, 15) is 4.39 Å². The van der Waals surface area contributed by atoms with Crippen LogP contribution in [0.15, 0.2) is 18.2 Å². The van der Waals surface area contributed by atoms with Gasteiger partial charge in [-0.05, 0) is 19.1 Å². The molecule has 94 valence electrons. The first kappa shape index (κ1) is 12.1. The number of phenolic OH excluding ortho intramolecular Hbond substituents is 1. The van der Waals surface area contributed by atoms with Crippen molar-refractivity contribution in [3.8, 4) is 11.5 Å². The maximum Gasteiger partial charge on any atom is 0.226 e. The summed E-state index contributed by atoms with van der Waals surface area (Å²) in [6.45, 7) is 1.92. The monoisotopic (exact) mass is 242 g/mol. The molecule has 1 saturated heterocycles. The standard InChI is InChI=1S/C12H15FO4/c1-7-5-11(15-2)12(16-7)17-8-3-4-10(14)9(13)6-8/h3-4,6-7,11-12,14H,5H2,1-2H3. The molecule has 0 saturated carbocycles. The molecule has 0 aliphatic carbocycles. The van der Waals surface area contributed by atoms with Gasteiger partial charge >= 0.3 is 0 Å². The number of halogens is 1. The Kier molecular flexibility index (Phi) is 3.49. The Hall–Kier alpha value is -1.33. The zero-order chi connectivity index (χ0) is 12.4. The summed E-state index contributed by atoms with van der Waals surface area (Å²) in [6, 6.07) is 3.84. The van der Waals surface area contributed by atoms with Crippen molar-refractivity contribution in [3.63, 3.8) is 0 Å². The molecule has 1 aliphatic heterocycles. The topological polar surface area (TPSA) is 47.9 Å². The van der Waals surface area contributed by atoms with Gasteiger partial charge in [-0.25, -0.2) is 4.39 Å². The van der Waals surface area contributed by atoms with Gasteiger partial charge in [0.2, 0.25) is 6.29 Å². The van der Waals surface area contributed by atoms with E-state index in [-0.39, 0.29) is 12.2 Å². The number of hydrogen-bond acceptors (Lipinski definition) is 4. The van der Waals surface area contributed by atoms with Gasteiger partial charge in [0.15, 0.2) is 11.6 Å². The minimum Gasteiger partial charge on any atom is -0.505 e. The van der Waals surface area contributed by atoms with Gasteiger partial charge < -0.3 is 19.3 Å². The number of hydrogen-bond donors (Lipinski definition) is 1. The highest BCUT2D eigenvalue weighted by Gasteiger charge is 2.34. The maximum atomic E-state index is 13.1. The lowest BCUT2D eigenvalue weighted by atomic mass is 10.2. The summed E-state index contributed by atoms with van der Waals surface area (Å²) < 4.78 is 29.3. The van der Waals surface area contributed by atoms with Gasteiger partial charge in [-0.2, -0.15) is 0 Å². The Morgan fingerprint density at radius 3 is 2.88 bits per heavy atom. The van der Waals surface area contributed by atoms with Crippen LogP contribution in [0.2, 0.25) is 0 Å². The summed E-state index contributed by atoms with van der Waals surface area (Å²) in [5, 5.41) is 9.06. The van der Waals surface area contributed by atoms with Crippen LogP contribution in [-0.2, 0) is 9.47 Å². The third-order valence-electron chi connectivity index (χ3n) is 2.71. The molecule has 0 aromatic heterocycles. The summed E-state index contributed by atoms with van der Waals surface area (Å²) >= 11 is 0.